The fraction of sp³-hybridized carbons (Fsp3) is 0.357. The molecule has 0 aliphatic carbocycles. The second kappa shape index (κ2) is 5.58. The van der Waals surface area contributed by atoms with Crippen molar-refractivity contribution in [1.29, 1.82) is 0 Å². The van der Waals surface area contributed by atoms with Gasteiger partial charge < -0.3 is 9.64 Å². The van der Waals surface area contributed by atoms with E-state index in [1.807, 2.05) is 30.5 Å². The zero-order valence-corrected chi connectivity index (χ0v) is 12.1. The Balaban J connectivity index is 1.88. The number of methoxy groups -OCH3 is 1. The molecule has 6 heteroatoms. The molecule has 2 heterocycles. The number of likely N-dealkylation sites (tertiary alicyclic amines) is 1. The predicted molar refractivity (Wildman–Crippen MR) is 80.4 cm³/mol. The summed E-state index contributed by atoms with van der Waals surface area (Å²) in [7, 11) is 1.64. The molecule has 0 bridgehead atoms. The van der Waals surface area contributed by atoms with Crippen molar-refractivity contribution in [2.45, 2.75) is 12.8 Å². The maximum absolute atomic E-state index is 5.48. The lowest BCUT2D eigenvalue weighted by atomic mass is 10.3. The Morgan fingerprint density at radius 3 is 2.75 bits per heavy atom. The summed E-state index contributed by atoms with van der Waals surface area (Å²) in [6.07, 6.45) is 4.25. The fourth-order valence-electron chi connectivity index (χ4n) is 2.38. The molecule has 0 saturated carbocycles. The van der Waals surface area contributed by atoms with Gasteiger partial charge in [-0.25, -0.2) is 4.68 Å². The molecule has 1 aliphatic rings. The molecule has 0 spiro atoms. The third-order valence-corrected chi connectivity index (χ3v) is 3.91. The summed E-state index contributed by atoms with van der Waals surface area (Å²) >= 11 is 5.48. The molecule has 1 aromatic heterocycles. The molecule has 1 saturated heterocycles. The molecule has 1 fully saturated rings. The zero-order chi connectivity index (χ0) is 13.9. The monoisotopic (exact) mass is 288 g/mol. The molecule has 0 N–H and O–H groups in total. The summed E-state index contributed by atoms with van der Waals surface area (Å²) in [5.74, 6) is 0.760. The van der Waals surface area contributed by atoms with Gasteiger partial charge in [0.05, 0.1) is 13.3 Å². The minimum atomic E-state index is 0.743. The number of hydrogen-bond acceptors (Lipinski definition) is 4. The van der Waals surface area contributed by atoms with Crippen molar-refractivity contribution in [1.82, 2.24) is 19.9 Å². The van der Waals surface area contributed by atoms with Crippen molar-refractivity contribution in [3.05, 3.63) is 36.2 Å². The van der Waals surface area contributed by atoms with E-state index in [1.54, 1.807) is 11.8 Å². The minimum absolute atomic E-state index is 0.743. The van der Waals surface area contributed by atoms with Crippen LogP contribution in [-0.2, 0) is 0 Å². The van der Waals surface area contributed by atoms with Gasteiger partial charge in [0.1, 0.15) is 22.1 Å². The standard InChI is InChI=1S/C14H16N4OS/c1-19-13-7-3-2-6-12(13)18-10-11(15-16-18)14(20)17-8-4-5-9-17/h2-3,6-7,10H,4-5,8-9H2,1H3. The molecule has 0 unspecified atom stereocenters. The Hall–Kier alpha value is -1.95. The second-order valence-electron chi connectivity index (χ2n) is 4.72. The Bertz CT molecular complexity index is 619. The van der Waals surface area contributed by atoms with E-state index in [0.29, 0.717) is 0 Å². The Morgan fingerprint density at radius 2 is 2.00 bits per heavy atom. The molecule has 0 atom stereocenters. The van der Waals surface area contributed by atoms with Crippen molar-refractivity contribution in [2.75, 3.05) is 20.2 Å². The largest absolute Gasteiger partial charge is 0.494 e. The summed E-state index contributed by atoms with van der Waals surface area (Å²) in [6.45, 7) is 2.03. The van der Waals surface area contributed by atoms with Crippen LogP contribution in [0, 0.1) is 0 Å². The van der Waals surface area contributed by atoms with Crippen LogP contribution in [0.25, 0.3) is 5.69 Å². The molecular weight excluding hydrogens is 272 g/mol. The van der Waals surface area contributed by atoms with Crippen LogP contribution in [0.4, 0.5) is 0 Å². The quantitative estimate of drug-likeness (QED) is 0.809. The first-order chi connectivity index (χ1) is 9.79. The normalized spacial score (nSPS) is 14.6. The highest BCUT2D eigenvalue weighted by Gasteiger charge is 2.19. The number of nitrogens with zero attached hydrogens (tertiary/aromatic N) is 4. The van der Waals surface area contributed by atoms with E-state index in [1.165, 1.54) is 12.8 Å². The van der Waals surface area contributed by atoms with Gasteiger partial charge in [0.2, 0.25) is 0 Å². The van der Waals surface area contributed by atoms with E-state index in [9.17, 15) is 0 Å². The van der Waals surface area contributed by atoms with E-state index in [2.05, 4.69) is 15.2 Å². The molecule has 1 aliphatic heterocycles. The number of para-hydroxylation sites is 2. The number of thiocarbonyl (C=S) groups is 1. The van der Waals surface area contributed by atoms with Gasteiger partial charge in [-0.1, -0.05) is 29.6 Å². The lowest BCUT2D eigenvalue weighted by Crippen LogP contribution is -2.26. The van der Waals surface area contributed by atoms with Crippen LogP contribution in [0.5, 0.6) is 5.75 Å². The van der Waals surface area contributed by atoms with Crippen LogP contribution in [0.2, 0.25) is 0 Å². The minimum Gasteiger partial charge on any atom is -0.494 e. The first kappa shape index (κ1) is 13.1. The molecule has 0 amide bonds. The van der Waals surface area contributed by atoms with Crippen LogP contribution in [0.3, 0.4) is 0 Å². The summed E-state index contributed by atoms with van der Waals surface area (Å²) in [6, 6.07) is 7.71. The lowest BCUT2D eigenvalue weighted by molar-refractivity contribution is 0.411. The van der Waals surface area contributed by atoms with Gasteiger partial charge >= 0.3 is 0 Å². The lowest BCUT2D eigenvalue weighted by Gasteiger charge is -2.15. The van der Waals surface area contributed by atoms with Crippen LogP contribution in [0.15, 0.2) is 30.5 Å². The van der Waals surface area contributed by atoms with Crippen LogP contribution in [-0.4, -0.2) is 45.1 Å². The van der Waals surface area contributed by atoms with E-state index in [-0.39, 0.29) is 0 Å². The molecule has 1 aromatic carbocycles. The second-order valence-corrected chi connectivity index (χ2v) is 5.11. The Kier molecular flexibility index (Phi) is 3.64. The highest BCUT2D eigenvalue weighted by atomic mass is 32.1. The summed E-state index contributed by atoms with van der Waals surface area (Å²) in [5, 5.41) is 8.35. The van der Waals surface area contributed by atoms with Crippen molar-refractivity contribution in [3.8, 4) is 11.4 Å². The van der Waals surface area contributed by atoms with Gasteiger partial charge in [0.15, 0.2) is 0 Å². The number of hydrogen-bond donors (Lipinski definition) is 0. The van der Waals surface area contributed by atoms with E-state index < -0.39 is 0 Å². The smallest absolute Gasteiger partial charge is 0.144 e. The number of ether oxygens (including phenoxy) is 1. The van der Waals surface area contributed by atoms with Gasteiger partial charge in [0.25, 0.3) is 0 Å². The molecule has 20 heavy (non-hydrogen) atoms. The van der Waals surface area contributed by atoms with Gasteiger partial charge in [-0.3, -0.25) is 0 Å². The maximum Gasteiger partial charge on any atom is 0.144 e. The summed E-state index contributed by atoms with van der Waals surface area (Å²) in [4.78, 5) is 2.97. The summed E-state index contributed by atoms with van der Waals surface area (Å²) < 4.78 is 7.04. The van der Waals surface area contributed by atoms with E-state index >= 15 is 0 Å². The van der Waals surface area contributed by atoms with E-state index in [0.717, 1.165) is 35.2 Å². The molecule has 3 rings (SSSR count). The third kappa shape index (κ3) is 2.38. The summed E-state index contributed by atoms with van der Waals surface area (Å²) in [5.41, 5.74) is 1.60. The van der Waals surface area contributed by atoms with Crippen molar-refractivity contribution < 1.29 is 4.74 Å². The first-order valence-electron chi connectivity index (χ1n) is 6.64. The van der Waals surface area contributed by atoms with Gasteiger partial charge in [-0.2, -0.15) is 0 Å². The highest BCUT2D eigenvalue weighted by molar-refractivity contribution is 7.80. The zero-order valence-electron chi connectivity index (χ0n) is 11.3. The highest BCUT2D eigenvalue weighted by Crippen LogP contribution is 2.21. The number of rotatable bonds is 3. The van der Waals surface area contributed by atoms with Crippen LogP contribution in [0.1, 0.15) is 18.5 Å². The van der Waals surface area contributed by atoms with Gasteiger partial charge in [-0.05, 0) is 25.0 Å². The SMILES string of the molecule is COc1ccccc1-n1cc(C(=S)N2CCCC2)nn1. The molecule has 5 nitrogen and oxygen atoms in total. The Labute approximate surface area is 123 Å². The average Bonchev–Trinajstić information content (AvgIpc) is 3.18. The maximum atomic E-state index is 5.48. The van der Waals surface area contributed by atoms with E-state index in [4.69, 9.17) is 17.0 Å². The Morgan fingerprint density at radius 1 is 1.25 bits per heavy atom. The molecule has 104 valence electrons. The van der Waals surface area contributed by atoms with Crippen molar-refractivity contribution >= 4 is 17.2 Å². The van der Waals surface area contributed by atoms with Gasteiger partial charge in [-0.15, -0.1) is 5.10 Å². The third-order valence-electron chi connectivity index (χ3n) is 3.44. The van der Waals surface area contributed by atoms with Crippen molar-refractivity contribution in [3.63, 3.8) is 0 Å². The van der Waals surface area contributed by atoms with Gasteiger partial charge in [0, 0.05) is 13.1 Å². The topological polar surface area (TPSA) is 43.2 Å². The molecule has 2 aromatic rings. The van der Waals surface area contributed by atoms with Crippen LogP contribution >= 0.6 is 12.2 Å². The fourth-order valence-corrected chi connectivity index (χ4v) is 2.66. The predicted octanol–water partition coefficient (Wildman–Crippen LogP) is 2.05. The number of benzene rings is 1. The van der Waals surface area contributed by atoms with Crippen LogP contribution < -0.4 is 4.74 Å². The average molecular weight is 288 g/mol. The van der Waals surface area contributed by atoms with Crippen molar-refractivity contribution in [2.24, 2.45) is 0 Å². The number of aromatic nitrogens is 3. The molecular formula is C14H16N4OS. The first-order valence-corrected chi connectivity index (χ1v) is 7.05. The molecule has 0 radical (unpaired) electrons.